The molecule has 2 rings (SSSR count). The summed E-state index contributed by atoms with van der Waals surface area (Å²) in [6, 6.07) is 1.66. The highest BCUT2D eigenvalue weighted by Gasteiger charge is 2.12. The van der Waals surface area contributed by atoms with Gasteiger partial charge in [0, 0.05) is 19.3 Å². The molecule has 0 aromatic carbocycles. The first-order valence-electron chi connectivity index (χ1n) is 5.18. The summed E-state index contributed by atoms with van der Waals surface area (Å²) in [4.78, 5) is 8.28. The minimum absolute atomic E-state index is 0.0328. The Morgan fingerprint density at radius 1 is 1.47 bits per heavy atom. The lowest BCUT2D eigenvalue weighted by molar-refractivity contribution is 0.397. The zero-order chi connectivity index (χ0) is 12.3. The Balaban J connectivity index is 2.13. The van der Waals surface area contributed by atoms with E-state index in [1.807, 2.05) is 18.5 Å². The third-order valence-electron chi connectivity index (χ3n) is 2.32. The molecule has 0 saturated heterocycles. The van der Waals surface area contributed by atoms with E-state index in [2.05, 4.69) is 25.5 Å². The minimum atomic E-state index is -0.0328. The van der Waals surface area contributed by atoms with Crippen LogP contribution in [0.15, 0.2) is 18.6 Å². The van der Waals surface area contributed by atoms with Gasteiger partial charge in [-0.3, -0.25) is 0 Å². The molecule has 1 atom stereocenters. The number of methoxy groups -OCH3 is 1. The third kappa shape index (κ3) is 2.49. The summed E-state index contributed by atoms with van der Waals surface area (Å²) < 4.78 is 6.87. The van der Waals surface area contributed by atoms with E-state index in [-0.39, 0.29) is 6.04 Å². The number of hydrogen-bond acceptors (Lipinski definition) is 6. The summed E-state index contributed by atoms with van der Waals surface area (Å²) in [5.41, 5.74) is 0. The van der Waals surface area contributed by atoms with Crippen molar-refractivity contribution < 1.29 is 4.74 Å². The number of rotatable bonds is 4. The molecule has 0 aliphatic carbocycles. The molecule has 17 heavy (non-hydrogen) atoms. The molecule has 2 aromatic rings. The van der Waals surface area contributed by atoms with E-state index < -0.39 is 0 Å². The molecule has 1 unspecified atom stereocenters. The van der Waals surface area contributed by atoms with E-state index in [4.69, 9.17) is 4.74 Å². The molecule has 0 aliphatic heterocycles. The van der Waals surface area contributed by atoms with Gasteiger partial charge in [-0.15, -0.1) is 10.2 Å². The van der Waals surface area contributed by atoms with Gasteiger partial charge in [-0.25, -0.2) is 4.98 Å². The number of ether oxygens (including phenoxy) is 1. The summed E-state index contributed by atoms with van der Waals surface area (Å²) in [5.74, 6) is 1.84. The molecule has 1 N–H and O–H groups in total. The van der Waals surface area contributed by atoms with Crippen LogP contribution in [-0.2, 0) is 7.05 Å². The first-order chi connectivity index (χ1) is 8.20. The zero-order valence-electron chi connectivity index (χ0n) is 9.95. The molecule has 0 amide bonds. The highest BCUT2D eigenvalue weighted by Crippen LogP contribution is 2.15. The van der Waals surface area contributed by atoms with Gasteiger partial charge in [0.15, 0.2) is 5.82 Å². The molecule has 7 heteroatoms. The molecule has 2 heterocycles. The maximum Gasteiger partial charge on any atom is 0.226 e. The van der Waals surface area contributed by atoms with Crippen molar-refractivity contribution in [1.29, 1.82) is 0 Å². The maximum absolute atomic E-state index is 5.03. The summed E-state index contributed by atoms with van der Waals surface area (Å²) in [6.07, 6.45) is 3.29. The van der Waals surface area contributed by atoms with Crippen LogP contribution in [0.4, 0.5) is 5.95 Å². The average Bonchev–Trinajstić information content (AvgIpc) is 2.76. The topological polar surface area (TPSA) is 77.8 Å². The van der Waals surface area contributed by atoms with E-state index in [1.165, 1.54) is 0 Å². The Bertz CT molecular complexity index is 497. The van der Waals surface area contributed by atoms with E-state index >= 15 is 0 Å². The van der Waals surface area contributed by atoms with Crippen LogP contribution in [0.1, 0.15) is 18.8 Å². The first-order valence-corrected chi connectivity index (χ1v) is 5.18. The molecule has 0 fully saturated rings. The van der Waals surface area contributed by atoms with Crippen LogP contribution in [0.5, 0.6) is 5.88 Å². The highest BCUT2D eigenvalue weighted by atomic mass is 16.5. The Morgan fingerprint density at radius 3 is 2.94 bits per heavy atom. The maximum atomic E-state index is 5.03. The molecular weight excluding hydrogens is 220 g/mol. The highest BCUT2D eigenvalue weighted by molar-refractivity contribution is 5.29. The lowest BCUT2D eigenvalue weighted by Crippen LogP contribution is -2.13. The van der Waals surface area contributed by atoms with Crippen LogP contribution in [0.25, 0.3) is 0 Å². The number of nitrogens with one attached hydrogen (secondary N) is 1. The number of aromatic nitrogens is 5. The predicted molar refractivity (Wildman–Crippen MR) is 61.6 cm³/mol. The number of aryl methyl sites for hydroxylation is 1. The average molecular weight is 234 g/mol. The molecule has 0 bridgehead atoms. The number of nitrogens with zero attached hydrogens (tertiary/aromatic N) is 5. The second-order valence-corrected chi connectivity index (χ2v) is 3.59. The van der Waals surface area contributed by atoms with Crippen LogP contribution >= 0.6 is 0 Å². The largest absolute Gasteiger partial charge is 0.481 e. The second kappa shape index (κ2) is 4.77. The molecule has 0 saturated carbocycles. The SMILES string of the molecule is COc1ccnc(NC(C)c2nncn2C)n1. The molecule has 90 valence electrons. The Hall–Kier alpha value is -2.18. The zero-order valence-corrected chi connectivity index (χ0v) is 9.95. The lowest BCUT2D eigenvalue weighted by atomic mass is 10.3. The minimum Gasteiger partial charge on any atom is -0.481 e. The van der Waals surface area contributed by atoms with Crippen LogP contribution in [-0.4, -0.2) is 31.8 Å². The second-order valence-electron chi connectivity index (χ2n) is 3.59. The number of anilines is 1. The van der Waals surface area contributed by atoms with Gasteiger partial charge in [-0.1, -0.05) is 0 Å². The Morgan fingerprint density at radius 2 is 2.29 bits per heavy atom. The van der Waals surface area contributed by atoms with Crippen molar-refractivity contribution >= 4 is 5.95 Å². The van der Waals surface area contributed by atoms with Gasteiger partial charge in [0.2, 0.25) is 11.8 Å². The van der Waals surface area contributed by atoms with Crippen LogP contribution in [0.3, 0.4) is 0 Å². The van der Waals surface area contributed by atoms with Crippen molar-refractivity contribution in [3.63, 3.8) is 0 Å². The standard InChI is InChI=1S/C10H14N6O/c1-7(9-15-12-6-16(9)2)13-10-11-5-4-8(14-10)17-3/h4-7H,1-3H3,(H,11,13,14). The number of hydrogen-bond donors (Lipinski definition) is 1. The summed E-state index contributed by atoms with van der Waals surface area (Å²) in [5, 5.41) is 11.0. The molecular formula is C10H14N6O. The molecule has 0 aliphatic rings. The normalized spacial score (nSPS) is 12.2. The van der Waals surface area contributed by atoms with Crippen molar-refractivity contribution in [3.8, 4) is 5.88 Å². The summed E-state index contributed by atoms with van der Waals surface area (Å²) in [6.45, 7) is 1.97. The van der Waals surface area contributed by atoms with Gasteiger partial charge in [-0.05, 0) is 6.92 Å². The van der Waals surface area contributed by atoms with Gasteiger partial charge in [-0.2, -0.15) is 4.98 Å². The van der Waals surface area contributed by atoms with Gasteiger partial charge < -0.3 is 14.6 Å². The van der Waals surface area contributed by atoms with Crippen molar-refractivity contribution in [2.45, 2.75) is 13.0 Å². The van der Waals surface area contributed by atoms with Gasteiger partial charge in [0.25, 0.3) is 0 Å². The van der Waals surface area contributed by atoms with Crippen molar-refractivity contribution in [3.05, 3.63) is 24.4 Å². The fraction of sp³-hybridized carbons (Fsp3) is 0.400. The van der Waals surface area contributed by atoms with Gasteiger partial charge in [0.1, 0.15) is 6.33 Å². The fourth-order valence-corrected chi connectivity index (χ4v) is 1.47. The summed E-state index contributed by atoms with van der Waals surface area (Å²) in [7, 11) is 3.46. The summed E-state index contributed by atoms with van der Waals surface area (Å²) >= 11 is 0. The fourth-order valence-electron chi connectivity index (χ4n) is 1.47. The van der Waals surface area contributed by atoms with Gasteiger partial charge >= 0.3 is 0 Å². The molecule has 2 aromatic heterocycles. The van der Waals surface area contributed by atoms with E-state index in [0.29, 0.717) is 11.8 Å². The van der Waals surface area contributed by atoms with Crippen LogP contribution < -0.4 is 10.1 Å². The van der Waals surface area contributed by atoms with E-state index in [1.54, 1.807) is 25.7 Å². The third-order valence-corrected chi connectivity index (χ3v) is 2.32. The van der Waals surface area contributed by atoms with E-state index in [0.717, 1.165) is 5.82 Å². The first kappa shape index (κ1) is 11.3. The molecule has 7 nitrogen and oxygen atoms in total. The van der Waals surface area contributed by atoms with Crippen molar-refractivity contribution in [2.24, 2.45) is 7.05 Å². The van der Waals surface area contributed by atoms with Crippen LogP contribution in [0, 0.1) is 0 Å². The quantitative estimate of drug-likeness (QED) is 0.842. The lowest BCUT2D eigenvalue weighted by Gasteiger charge is -2.12. The molecule has 0 radical (unpaired) electrons. The predicted octanol–water partition coefficient (Wildman–Crippen LogP) is 0.787. The van der Waals surface area contributed by atoms with Gasteiger partial charge in [0.05, 0.1) is 13.2 Å². The van der Waals surface area contributed by atoms with Crippen LogP contribution in [0.2, 0.25) is 0 Å². The molecule has 0 spiro atoms. The Labute approximate surface area is 98.9 Å². The van der Waals surface area contributed by atoms with E-state index in [9.17, 15) is 0 Å². The van der Waals surface area contributed by atoms with Crippen molar-refractivity contribution in [1.82, 2.24) is 24.7 Å². The van der Waals surface area contributed by atoms with Crippen molar-refractivity contribution in [2.75, 3.05) is 12.4 Å². The Kier molecular flexibility index (Phi) is 3.17. The smallest absolute Gasteiger partial charge is 0.226 e. The monoisotopic (exact) mass is 234 g/mol.